The van der Waals surface area contributed by atoms with Crippen LogP contribution in [0.5, 0.6) is 0 Å². The molecule has 3 nitrogen and oxygen atoms in total. The molecule has 0 N–H and O–H groups in total. The van der Waals surface area contributed by atoms with Crippen molar-refractivity contribution in [3.8, 4) is 11.1 Å². The first-order valence-electron chi connectivity index (χ1n) is 5.47. The maximum Gasteiger partial charge on any atom is 0.225 e. The van der Waals surface area contributed by atoms with E-state index >= 15 is 0 Å². The average Bonchev–Trinajstić information content (AvgIpc) is 2.93. The standard InChI is InChI=1S/C14H8N2O/c17-16-12-4-2-1-3-10(12)14-9-7-8-15-11(9)5-6-13(14)16/h1-8H. The van der Waals surface area contributed by atoms with Crippen LogP contribution in [0, 0.1) is 5.21 Å². The first kappa shape index (κ1) is 8.70. The number of benzene rings is 2. The van der Waals surface area contributed by atoms with Gasteiger partial charge in [0.05, 0.1) is 16.5 Å². The molecule has 17 heavy (non-hydrogen) atoms. The second-order valence-electron chi connectivity index (χ2n) is 4.15. The lowest BCUT2D eigenvalue weighted by atomic mass is 10.00. The van der Waals surface area contributed by atoms with Crippen LogP contribution in [-0.4, -0.2) is 0 Å². The average molecular weight is 220 g/mol. The molecule has 2 aliphatic heterocycles. The molecule has 80 valence electrons. The molecule has 0 spiro atoms. The summed E-state index contributed by atoms with van der Waals surface area (Å²) in [6.07, 6.45) is 3.74. The van der Waals surface area contributed by atoms with Gasteiger partial charge in [-0.1, -0.05) is 12.1 Å². The van der Waals surface area contributed by atoms with Crippen LogP contribution in [0.4, 0.5) is 5.69 Å². The van der Waals surface area contributed by atoms with Gasteiger partial charge in [0.1, 0.15) is 0 Å². The Morgan fingerprint density at radius 2 is 1.94 bits per heavy atom. The highest BCUT2D eigenvalue weighted by atomic mass is 16.5. The second kappa shape index (κ2) is 2.83. The minimum absolute atomic E-state index is 0.715. The highest BCUT2D eigenvalue weighted by Gasteiger charge is 2.26. The van der Waals surface area contributed by atoms with Gasteiger partial charge in [-0.3, -0.25) is 4.99 Å². The minimum Gasteiger partial charge on any atom is -0.618 e. The normalized spacial score (nSPS) is 14.2. The van der Waals surface area contributed by atoms with E-state index in [-0.39, 0.29) is 0 Å². The third-order valence-corrected chi connectivity index (χ3v) is 3.27. The summed E-state index contributed by atoms with van der Waals surface area (Å²) in [5.74, 6) is 0. The number of nitrogens with zero attached hydrogens (tertiary/aromatic N) is 2. The van der Waals surface area contributed by atoms with Crippen molar-refractivity contribution in [3.63, 3.8) is 0 Å². The van der Waals surface area contributed by atoms with Crippen LogP contribution in [0.25, 0.3) is 17.2 Å². The molecule has 0 bridgehead atoms. The number of hydrogen-bond acceptors (Lipinski definition) is 2. The Labute approximate surface area is 97.3 Å². The van der Waals surface area contributed by atoms with Crippen molar-refractivity contribution in [1.29, 1.82) is 0 Å². The predicted octanol–water partition coefficient (Wildman–Crippen LogP) is 1.59. The summed E-state index contributed by atoms with van der Waals surface area (Å²) in [5.41, 5.74) is 3.77. The van der Waals surface area contributed by atoms with Crippen molar-refractivity contribution in [3.05, 3.63) is 64.1 Å². The van der Waals surface area contributed by atoms with Crippen LogP contribution in [0.3, 0.4) is 0 Å². The minimum atomic E-state index is 0.715. The Hall–Kier alpha value is -2.42. The number of para-hydroxylation sites is 1. The zero-order valence-corrected chi connectivity index (χ0v) is 8.92. The molecule has 2 aromatic carbocycles. The molecular formula is C14H8N2O. The fourth-order valence-electron chi connectivity index (χ4n) is 2.51. The number of fused-ring (bicyclic) bond motifs is 5. The third kappa shape index (κ3) is 0.959. The van der Waals surface area contributed by atoms with Crippen LogP contribution in [0.2, 0.25) is 0 Å². The summed E-state index contributed by atoms with van der Waals surface area (Å²) >= 11 is 0. The van der Waals surface area contributed by atoms with E-state index in [1.807, 2.05) is 42.5 Å². The molecule has 0 unspecified atom stereocenters. The second-order valence-corrected chi connectivity index (χ2v) is 4.15. The fraction of sp³-hybridized carbons (Fsp3) is 0. The van der Waals surface area contributed by atoms with Crippen molar-refractivity contribution in [1.82, 2.24) is 4.74 Å². The summed E-state index contributed by atoms with van der Waals surface area (Å²) in [6.45, 7) is 0. The highest BCUT2D eigenvalue weighted by Crippen LogP contribution is 2.32. The molecule has 0 amide bonds. The van der Waals surface area contributed by atoms with E-state index in [1.165, 1.54) is 0 Å². The van der Waals surface area contributed by atoms with Crippen molar-refractivity contribution < 1.29 is 0 Å². The number of hydrogen-bond donors (Lipinski definition) is 0. The summed E-state index contributed by atoms with van der Waals surface area (Å²) < 4.78 is 0.997. The van der Waals surface area contributed by atoms with Crippen molar-refractivity contribution in [2.45, 2.75) is 0 Å². The molecule has 2 heterocycles. The zero-order valence-electron chi connectivity index (χ0n) is 8.92. The largest absolute Gasteiger partial charge is 0.618 e. The van der Waals surface area contributed by atoms with Gasteiger partial charge in [-0.25, -0.2) is 0 Å². The Bertz CT molecular complexity index is 803. The molecule has 2 aliphatic rings. The van der Waals surface area contributed by atoms with E-state index in [4.69, 9.17) is 0 Å². The molecule has 0 atom stereocenters. The van der Waals surface area contributed by atoms with E-state index in [1.54, 1.807) is 6.20 Å². The molecule has 0 saturated carbocycles. The van der Waals surface area contributed by atoms with Crippen LogP contribution in [0.15, 0.2) is 47.6 Å². The van der Waals surface area contributed by atoms with Crippen molar-refractivity contribution in [2.75, 3.05) is 0 Å². The molecule has 0 radical (unpaired) electrons. The summed E-state index contributed by atoms with van der Waals surface area (Å²) in [6, 6.07) is 11.4. The fourth-order valence-corrected chi connectivity index (χ4v) is 2.51. The number of rotatable bonds is 0. The smallest absolute Gasteiger partial charge is 0.225 e. The third-order valence-electron chi connectivity index (χ3n) is 3.27. The van der Waals surface area contributed by atoms with Gasteiger partial charge in [0.2, 0.25) is 11.0 Å². The zero-order chi connectivity index (χ0) is 11.4. The molecule has 3 heteroatoms. The Morgan fingerprint density at radius 1 is 1.06 bits per heavy atom. The van der Waals surface area contributed by atoms with Gasteiger partial charge in [-0.15, -0.1) is 0 Å². The van der Waals surface area contributed by atoms with E-state index in [9.17, 15) is 5.21 Å². The van der Waals surface area contributed by atoms with Crippen molar-refractivity contribution in [2.24, 2.45) is 4.99 Å². The maximum absolute atomic E-state index is 12.1. The Morgan fingerprint density at radius 3 is 2.88 bits per heavy atom. The monoisotopic (exact) mass is 220 g/mol. The van der Waals surface area contributed by atoms with Crippen LogP contribution < -0.4 is 15.5 Å². The van der Waals surface area contributed by atoms with Gasteiger partial charge in [-0.2, -0.15) is 4.74 Å². The lowest BCUT2D eigenvalue weighted by molar-refractivity contribution is 1.00. The lowest BCUT2D eigenvalue weighted by Crippen LogP contribution is -2.20. The first-order valence-corrected chi connectivity index (χ1v) is 5.47. The van der Waals surface area contributed by atoms with E-state index in [0.29, 0.717) is 5.36 Å². The summed E-state index contributed by atoms with van der Waals surface area (Å²) in [5, 5.41) is 13.8. The Kier molecular flexibility index (Phi) is 1.45. The van der Waals surface area contributed by atoms with Gasteiger partial charge >= 0.3 is 0 Å². The first-order chi connectivity index (χ1) is 8.36. The molecular weight excluding hydrogens is 212 g/mol. The molecule has 2 aromatic rings. The lowest BCUT2D eigenvalue weighted by Gasteiger charge is -1.98. The molecule has 0 saturated heterocycles. The molecule has 0 aromatic heterocycles. The Balaban J connectivity index is 2.27. The van der Waals surface area contributed by atoms with Gasteiger partial charge in [0.15, 0.2) is 0 Å². The van der Waals surface area contributed by atoms with Crippen molar-refractivity contribution >= 4 is 11.8 Å². The van der Waals surface area contributed by atoms with Crippen LogP contribution in [0.1, 0.15) is 5.56 Å². The van der Waals surface area contributed by atoms with Gasteiger partial charge in [0.25, 0.3) is 0 Å². The van der Waals surface area contributed by atoms with E-state index in [2.05, 4.69) is 4.99 Å². The van der Waals surface area contributed by atoms with Gasteiger partial charge in [-0.05, 0) is 18.2 Å². The summed E-state index contributed by atoms with van der Waals surface area (Å²) in [7, 11) is 0. The summed E-state index contributed by atoms with van der Waals surface area (Å²) in [4.78, 5) is 4.27. The molecule has 0 fully saturated rings. The van der Waals surface area contributed by atoms with Gasteiger partial charge < -0.3 is 5.21 Å². The quantitative estimate of drug-likeness (QED) is 0.491. The van der Waals surface area contributed by atoms with E-state index in [0.717, 1.165) is 32.5 Å². The van der Waals surface area contributed by atoms with Crippen LogP contribution in [-0.2, 0) is 0 Å². The molecule has 0 aliphatic carbocycles. The van der Waals surface area contributed by atoms with Crippen LogP contribution >= 0.6 is 0 Å². The topological polar surface area (TPSA) is 38.4 Å². The predicted molar refractivity (Wildman–Crippen MR) is 66.0 cm³/mol. The maximum atomic E-state index is 12.1. The SMILES string of the molecule is [O-][N+]1=c2ccc3c(c2-c2ccccc21)C=CN=3. The van der Waals surface area contributed by atoms with E-state index < -0.39 is 0 Å². The highest BCUT2D eigenvalue weighted by molar-refractivity contribution is 5.85. The molecule has 4 rings (SSSR count). The van der Waals surface area contributed by atoms with Gasteiger partial charge in [0, 0.05) is 23.9 Å².